The molecule has 2 aromatic heterocycles. The Hall–Kier alpha value is -1.07. The first-order valence-electron chi connectivity index (χ1n) is 3.94. The summed E-state index contributed by atoms with van der Waals surface area (Å²) in [4.78, 5) is 12.2. The lowest BCUT2D eigenvalue weighted by Gasteiger charge is -1.96. The Morgan fingerprint density at radius 3 is 2.93 bits per heavy atom. The Kier molecular flexibility index (Phi) is 2.43. The van der Waals surface area contributed by atoms with Crippen LogP contribution in [0.2, 0.25) is 4.34 Å². The van der Waals surface area contributed by atoms with E-state index in [-0.39, 0.29) is 0 Å². The average molecular weight is 231 g/mol. The topological polar surface area (TPSA) is 48.0 Å². The van der Waals surface area contributed by atoms with Gasteiger partial charge < -0.3 is 0 Å². The molecule has 0 amide bonds. The van der Waals surface area contributed by atoms with Crippen LogP contribution in [0.1, 0.15) is 10.7 Å². The first-order chi connectivity index (χ1) is 6.66. The lowest BCUT2D eigenvalue weighted by Crippen LogP contribution is -2.15. The molecule has 2 rings (SSSR count). The van der Waals surface area contributed by atoms with E-state index in [1.807, 2.05) is 6.07 Å². The normalized spacial score (nSPS) is 10.7. The van der Waals surface area contributed by atoms with Gasteiger partial charge in [-0.25, -0.2) is 4.79 Å². The van der Waals surface area contributed by atoms with Gasteiger partial charge in [-0.1, -0.05) is 16.8 Å². The maximum absolute atomic E-state index is 11.2. The fraction of sp³-hybridized carbons (Fsp3) is 0.250. The van der Waals surface area contributed by atoms with Crippen LogP contribution in [0.5, 0.6) is 0 Å². The minimum absolute atomic E-state index is 0.438. The van der Waals surface area contributed by atoms with E-state index in [1.165, 1.54) is 15.9 Å². The molecule has 0 aliphatic heterocycles. The maximum atomic E-state index is 11.2. The van der Waals surface area contributed by atoms with Crippen molar-refractivity contribution in [2.24, 2.45) is 0 Å². The summed E-state index contributed by atoms with van der Waals surface area (Å²) in [5, 5.41) is 3.57. The molecule has 0 aliphatic rings. The summed E-state index contributed by atoms with van der Waals surface area (Å²) in [6.45, 7) is 2.19. The standard InChI is InChI=1S/C8H7ClN2O2S/c1-5-10-13-8(12)11(5)4-6-2-3-7(9)14-6/h2-3H,4H2,1H3. The van der Waals surface area contributed by atoms with Crippen molar-refractivity contribution in [2.45, 2.75) is 13.5 Å². The van der Waals surface area contributed by atoms with Crippen molar-refractivity contribution >= 4 is 22.9 Å². The number of thiophene rings is 1. The van der Waals surface area contributed by atoms with Gasteiger partial charge in [0.15, 0.2) is 5.82 Å². The van der Waals surface area contributed by atoms with Gasteiger partial charge in [-0.15, -0.1) is 11.3 Å². The highest BCUT2D eigenvalue weighted by molar-refractivity contribution is 7.16. The molecule has 0 saturated carbocycles. The summed E-state index contributed by atoms with van der Waals surface area (Å²) in [6, 6.07) is 3.68. The highest BCUT2D eigenvalue weighted by atomic mass is 35.5. The van der Waals surface area contributed by atoms with Crippen LogP contribution in [0.3, 0.4) is 0 Å². The van der Waals surface area contributed by atoms with Crippen LogP contribution in [0, 0.1) is 6.92 Å². The Morgan fingerprint density at radius 1 is 1.64 bits per heavy atom. The van der Waals surface area contributed by atoms with Crippen LogP contribution >= 0.6 is 22.9 Å². The number of nitrogens with zero attached hydrogens (tertiary/aromatic N) is 2. The monoisotopic (exact) mass is 230 g/mol. The molecule has 6 heteroatoms. The molecule has 0 aliphatic carbocycles. The first-order valence-corrected chi connectivity index (χ1v) is 5.13. The third-order valence-electron chi connectivity index (χ3n) is 1.81. The maximum Gasteiger partial charge on any atom is 0.441 e. The van der Waals surface area contributed by atoms with Gasteiger partial charge >= 0.3 is 5.76 Å². The summed E-state index contributed by atoms with van der Waals surface area (Å²) in [5.74, 6) is 0.131. The molecule has 14 heavy (non-hydrogen) atoms. The van der Waals surface area contributed by atoms with E-state index < -0.39 is 5.76 Å². The predicted molar refractivity (Wildman–Crippen MR) is 53.9 cm³/mol. The van der Waals surface area contributed by atoms with Gasteiger partial charge in [-0.3, -0.25) is 9.09 Å². The number of hydrogen-bond acceptors (Lipinski definition) is 4. The zero-order valence-corrected chi connectivity index (χ0v) is 8.93. The van der Waals surface area contributed by atoms with Gasteiger partial charge in [0.2, 0.25) is 0 Å². The van der Waals surface area contributed by atoms with Crippen molar-refractivity contribution in [2.75, 3.05) is 0 Å². The lowest BCUT2D eigenvalue weighted by molar-refractivity contribution is 0.376. The molecule has 0 unspecified atom stereocenters. The Bertz CT molecular complexity index is 499. The minimum atomic E-state index is -0.438. The van der Waals surface area contributed by atoms with Crippen LogP contribution in [0.4, 0.5) is 0 Å². The molecular formula is C8H7ClN2O2S. The molecule has 0 saturated heterocycles. The van der Waals surface area contributed by atoms with Crippen molar-refractivity contribution in [3.05, 3.63) is 37.7 Å². The van der Waals surface area contributed by atoms with E-state index in [0.717, 1.165) is 4.88 Å². The number of rotatable bonds is 2. The van der Waals surface area contributed by atoms with Gasteiger partial charge in [0.05, 0.1) is 10.9 Å². The lowest BCUT2D eigenvalue weighted by atomic mass is 10.4. The molecule has 0 atom stereocenters. The van der Waals surface area contributed by atoms with Gasteiger partial charge in [-0.05, 0) is 19.1 Å². The van der Waals surface area contributed by atoms with E-state index >= 15 is 0 Å². The quantitative estimate of drug-likeness (QED) is 0.792. The Balaban J connectivity index is 2.31. The van der Waals surface area contributed by atoms with Crippen molar-refractivity contribution < 1.29 is 4.52 Å². The Morgan fingerprint density at radius 2 is 2.43 bits per heavy atom. The first kappa shape index (κ1) is 9.48. The molecule has 0 radical (unpaired) electrons. The van der Waals surface area contributed by atoms with E-state index in [9.17, 15) is 4.79 Å². The predicted octanol–water partition coefficient (Wildman–Crippen LogP) is 1.91. The van der Waals surface area contributed by atoms with Crippen molar-refractivity contribution in [3.8, 4) is 0 Å². The van der Waals surface area contributed by atoms with Crippen molar-refractivity contribution in [1.82, 2.24) is 9.72 Å². The molecule has 4 nitrogen and oxygen atoms in total. The summed E-state index contributed by atoms with van der Waals surface area (Å²) >= 11 is 7.21. The minimum Gasteiger partial charge on any atom is -0.296 e. The van der Waals surface area contributed by atoms with Crippen LogP contribution in [-0.2, 0) is 6.54 Å². The second-order valence-electron chi connectivity index (χ2n) is 2.79. The number of aryl methyl sites for hydroxylation is 1. The van der Waals surface area contributed by atoms with Crippen molar-refractivity contribution in [3.63, 3.8) is 0 Å². The smallest absolute Gasteiger partial charge is 0.296 e. The second-order valence-corrected chi connectivity index (χ2v) is 4.59. The third kappa shape index (κ3) is 1.73. The molecule has 0 spiro atoms. The largest absolute Gasteiger partial charge is 0.441 e. The highest BCUT2D eigenvalue weighted by Gasteiger charge is 2.07. The number of hydrogen-bond donors (Lipinski definition) is 0. The summed E-state index contributed by atoms with van der Waals surface area (Å²) < 4.78 is 6.67. The molecular weight excluding hydrogens is 224 g/mol. The number of halogens is 1. The fourth-order valence-corrected chi connectivity index (χ4v) is 2.18. The van der Waals surface area contributed by atoms with Crippen molar-refractivity contribution in [1.29, 1.82) is 0 Å². The SMILES string of the molecule is Cc1noc(=O)n1Cc1ccc(Cl)s1. The molecule has 0 N–H and O–H groups in total. The summed E-state index contributed by atoms with van der Waals surface area (Å²) in [6.07, 6.45) is 0. The highest BCUT2D eigenvalue weighted by Crippen LogP contribution is 2.21. The zero-order chi connectivity index (χ0) is 10.1. The summed E-state index contributed by atoms with van der Waals surface area (Å²) in [7, 11) is 0. The van der Waals surface area contributed by atoms with Crippen LogP contribution in [0.15, 0.2) is 21.5 Å². The molecule has 0 bridgehead atoms. The number of aromatic nitrogens is 2. The Labute approximate surface area is 88.7 Å². The second kappa shape index (κ2) is 3.59. The molecule has 0 fully saturated rings. The fourth-order valence-electron chi connectivity index (χ4n) is 1.11. The third-order valence-corrected chi connectivity index (χ3v) is 3.03. The molecule has 2 heterocycles. The zero-order valence-electron chi connectivity index (χ0n) is 7.36. The van der Waals surface area contributed by atoms with Crippen LogP contribution in [0.25, 0.3) is 0 Å². The van der Waals surface area contributed by atoms with Gasteiger partial charge in [0.25, 0.3) is 0 Å². The molecule has 74 valence electrons. The van der Waals surface area contributed by atoms with E-state index in [1.54, 1.807) is 13.0 Å². The van der Waals surface area contributed by atoms with Crippen LogP contribution in [-0.4, -0.2) is 9.72 Å². The van der Waals surface area contributed by atoms with E-state index in [4.69, 9.17) is 11.6 Å². The van der Waals surface area contributed by atoms with Gasteiger partial charge in [0, 0.05) is 4.88 Å². The van der Waals surface area contributed by atoms with Crippen LogP contribution < -0.4 is 5.76 Å². The van der Waals surface area contributed by atoms with Gasteiger partial charge in [-0.2, -0.15) is 0 Å². The summed E-state index contributed by atoms with van der Waals surface area (Å²) in [5.41, 5.74) is 0. The van der Waals surface area contributed by atoms with Gasteiger partial charge in [0.1, 0.15) is 0 Å². The molecule has 2 aromatic rings. The molecule has 0 aromatic carbocycles. The van der Waals surface area contributed by atoms with E-state index in [2.05, 4.69) is 9.68 Å². The van der Waals surface area contributed by atoms with E-state index in [0.29, 0.717) is 16.7 Å². The average Bonchev–Trinajstić information content (AvgIpc) is 2.67.